The lowest BCUT2D eigenvalue weighted by Crippen LogP contribution is -1.95. The number of ether oxygens (including phenoxy) is 1. The number of imidazole rings is 1. The smallest absolute Gasteiger partial charge is 0.100 e. The molecule has 0 N–H and O–H groups in total. The van der Waals surface area contributed by atoms with Gasteiger partial charge >= 0.3 is 0 Å². The van der Waals surface area contributed by atoms with Crippen LogP contribution in [0.15, 0.2) is 66.3 Å². The Morgan fingerprint density at radius 1 is 1.08 bits per heavy atom. The van der Waals surface area contributed by atoms with Crippen molar-refractivity contribution in [1.82, 2.24) is 9.55 Å². The Labute approximate surface area is 151 Å². The first-order chi connectivity index (χ1) is 12.3. The molecule has 25 heavy (non-hydrogen) atoms. The minimum atomic E-state index is 0.643. The number of nitrogens with zero attached hydrogens (tertiary/aromatic N) is 2. The minimum Gasteiger partial charge on any atom is -0.377 e. The molecule has 2 heterocycles. The van der Waals surface area contributed by atoms with Crippen molar-refractivity contribution in [2.24, 2.45) is 0 Å². The third kappa shape index (κ3) is 3.36. The fraction of sp³-hybridized carbons (Fsp3) is 0.190. The molecule has 0 spiro atoms. The highest BCUT2D eigenvalue weighted by Crippen LogP contribution is 2.27. The molecule has 4 rings (SSSR count). The van der Waals surface area contributed by atoms with Crippen LogP contribution in [0.5, 0.6) is 0 Å². The Kier molecular flexibility index (Phi) is 4.63. The van der Waals surface area contributed by atoms with Gasteiger partial charge in [0.1, 0.15) is 6.33 Å². The SMILES string of the molecule is CCCOCc1ccc2c(c1)ncn2-c1cccc(-c2cccs2)c1. The maximum atomic E-state index is 5.63. The maximum absolute atomic E-state index is 5.63. The van der Waals surface area contributed by atoms with Gasteiger partial charge in [0.25, 0.3) is 0 Å². The first-order valence-corrected chi connectivity index (χ1v) is 9.41. The molecule has 0 saturated heterocycles. The molecule has 0 aliphatic heterocycles. The van der Waals surface area contributed by atoms with Crippen molar-refractivity contribution in [2.45, 2.75) is 20.0 Å². The van der Waals surface area contributed by atoms with Crippen molar-refractivity contribution < 1.29 is 4.74 Å². The number of fused-ring (bicyclic) bond motifs is 1. The maximum Gasteiger partial charge on any atom is 0.100 e. The zero-order valence-electron chi connectivity index (χ0n) is 14.2. The molecule has 0 aliphatic rings. The first kappa shape index (κ1) is 16.1. The third-order valence-corrected chi connectivity index (χ3v) is 5.08. The number of aromatic nitrogens is 2. The molecule has 0 aliphatic carbocycles. The van der Waals surface area contributed by atoms with Gasteiger partial charge in [0.2, 0.25) is 0 Å². The number of benzene rings is 2. The molecule has 0 bridgehead atoms. The number of thiophene rings is 1. The second-order valence-corrected chi connectivity index (χ2v) is 6.97. The molecule has 126 valence electrons. The van der Waals surface area contributed by atoms with Gasteiger partial charge in [0.15, 0.2) is 0 Å². The normalized spacial score (nSPS) is 11.2. The van der Waals surface area contributed by atoms with E-state index >= 15 is 0 Å². The van der Waals surface area contributed by atoms with Gasteiger partial charge in [-0.1, -0.05) is 31.2 Å². The zero-order chi connectivity index (χ0) is 17.1. The summed E-state index contributed by atoms with van der Waals surface area (Å²) in [4.78, 5) is 5.87. The summed E-state index contributed by atoms with van der Waals surface area (Å²) in [6, 6.07) is 19.2. The average molecular weight is 348 g/mol. The average Bonchev–Trinajstić information content (AvgIpc) is 3.32. The topological polar surface area (TPSA) is 27.1 Å². The molecule has 2 aromatic heterocycles. The highest BCUT2D eigenvalue weighted by molar-refractivity contribution is 7.13. The van der Waals surface area contributed by atoms with Crippen LogP contribution in [-0.2, 0) is 11.3 Å². The molecule has 3 nitrogen and oxygen atoms in total. The van der Waals surface area contributed by atoms with Crippen LogP contribution >= 0.6 is 11.3 Å². The van der Waals surface area contributed by atoms with Gasteiger partial charge in [0, 0.05) is 17.2 Å². The Bertz CT molecular complexity index is 973. The lowest BCUT2D eigenvalue weighted by molar-refractivity contribution is 0.121. The van der Waals surface area contributed by atoms with Crippen molar-refractivity contribution in [3.63, 3.8) is 0 Å². The summed E-state index contributed by atoms with van der Waals surface area (Å²) in [5.74, 6) is 0. The molecule has 4 heteroatoms. The Morgan fingerprint density at radius 3 is 2.88 bits per heavy atom. The van der Waals surface area contributed by atoms with E-state index in [1.165, 1.54) is 16.0 Å². The zero-order valence-corrected chi connectivity index (χ0v) is 15.0. The summed E-state index contributed by atoms with van der Waals surface area (Å²) in [5, 5.41) is 2.11. The number of rotatable bonds is 6. The lowest BCUT2D eigenvalue weighted by Gasteiger charge is -2.07. The van der Waals surface area contributed by atoms with Crippen molar-refractivity contribution in [1.29, 1.82) is 0 Å². The summed E-state index contributed by atoms with van der Waals surface area (Å²) >= 11 is 1.76. The van der Waals surface area contributed by atoms with Gasteiger partial charge in [0.05, 0.1) is 17.6 Å². The highest BCUT2D eigenvalue weighted by atomic mass is 32.1. The van der Waals surface area contributed by atoms with Crippen LogP contribution in [0.3, 0.4) is 0 Å². The quantitative estimate of drug-likeness (QED) is 0.419. The largest absolute Gasteiger partial charge is 0.377 e. The monoisotopic (exact) mass is 348 g/mol. The van der Waals surface area contributed by atoms with Gasteiger partial charge in [-0.15, -0.1) is 11.3 Å². The van der Waals surface area contributed by atoms with E-state index < -0.39 is 0 Å². The molecule has 4 aromatic rings. The van der Waals surface area contributed by atoms with Crippen molar-refractivity contribution in [3.05, 3.63) is 71.9 Å². The third-order valence-electron chi connectivity index (χ3n) is 4.16. The predicted molar refractivity (Wildman–Crippen MR) is 104 cm³/mol. The van der Waals surface area contributed by atoms with E-state index in [9.17, 15) is 0 Å². The summed E-state index contributed by atoms with van der Waals surface area (Å²) in [6.07, 6.45) is 2.94. The Balaban J connectivity index is 1.67. The van der Waals surface area contributed by atoms with Gasteiger partial charge in [-0.25, -0.2) is 4.98 Å². The van der Waals surface area contributed by atoms with E-state index in [2.05, 4.69) is 76.5 Å². The van der Waals surface area contributed by atoms with Gasteiger partial charge in [-0.3, -0.25) is 4.57 Å². The standard InChI is InChI=1S/C21H20N2OS/c1-2-10-24-14-16-8-9-20-19(12-16)22-15-23(20)18-6-3-5-17(13-18)21-7-4-11-25-21/h3-9,11-13,15H,2,10,14H2,1H3. The fourth-order valence-corrected chi connectivity index (χ4v) is 3.66. The van der Waals surface area contributed by atoms with Gasteiger partial charge in [-0.2, -0.15) is 0 Å². The molecular formula is C21H20N2OS. The number of hydrogen-bond donors (Lipinski definition) is 0. The van der Waals surface area contributed by atoms with Crippen LogP contribution < -0.4 is 0 Å². The minimum absolute atomic E-state index is 0.643. The van der Waals surface area contributed by atoms with Crippen LogP contribution in [0, 0.1) is 0 Å². The lowest BCUT2D eigenvalue weighted by atomic mass is 10.1. The number of hydrogen-bond acceptors (Lipinski definition) is 3. The summed E-state index contributed by atoms with van der Waals surface area (Å²) in [5.41, 5.74) is 5.64. The van der Waals surface area contributed by atoms with Crippen LogP contribution in [0.2, 0.25) is 0 Å². The molecule has 0 fully saturated rings. The summed E-state index contributed by atoms with van der Waals surface area (Å²) in [6.45, 7) is 3.56. The fourth-order valence-electron chi connectivity index (χ4n) is 2.94. The molecule has 0 unspecified atom stereocenters. The van der Waals surface area contributed by atoms with Crippen LogP contribution in [0.25, 0.3) is 27.2 Å². The van der Waals surface area contributed by atoms with E-state index in [0.717, 1.165) is 29.7 Å². The molecular weight excluding hydrogens is 328 g/mol. The predicted octanol–water partition coefficient (Wildman–Crippen LogP) is 5.68. The molecule has 0 radical (unpaired) electrons. The molecule has 2 aromatic carbocycles. The van der Waals surface area contributed by atoms with Crippen LogP contribution in [-0.4, -0.2) is 16.2 Å². The second kappa shape index (κ2) is 7.21. The summed E-state index contributed by atoms with van der Waals surface area (Å²) < 4.78 is 7.77. The van der Waals surface area contributed by atoms with Crippen molar-refractivity contribution in [2.75, 3.05) is 6.61 Å². The summed E-state index contributed by atoms with van der Waals surface area (Å²) in [7, 11) is 0. The van der Waals surface area contributed by atoms with E-state index in [-0.39, 0.29) is 0 Å². The first-order valence-electron chi connectivity index (χ1n) is 8.53. The Hall–Kier alpha value is -2.43. The van der Waals surface area contributed by atoms with Crippen LogP contribution in [0.4, 0.5) is 0 Å². The van der Waals surface area contributed by atoms with E-state index in [1.54, 1.807) is 11.3 Å². The molecule has 0 atom stereocenters. The van der Waals surface area contributed by atoms with E-state index in [0.29, 0.717) is 6.61 Å². The second-order valence-electron chi connectivity index (χ2n) is 6.02. The Morgan fingerprint density at radius 2 is 2.04 bits per heavy atom. The van der Waals surface area contributed by atoms with E-state index in [4.69, 9.17) is 4.74 Å². The molecule has 0 saturated carbocycles. The van der Waals surface area contributed by atoms with Crippen LogP contribution in [0.1, 0.15) is 18.9 Å². The van der Waals surface area contributed by atoms with E-state index in [1.807, 2.05) is 6.33 Å². The van der Waals surface area contributed by atoms with Crippen molar-refractivity contribution >= 4 is 22.4 Å². The molecule has 0 amide bonds. The van der Waals surface area contributed by atoms with Crippen molar-refractivity contribution in [3.8, 4) is 16.1 Å². The van der Waals surface area contributed by atoms with Gasteiger partial charge < -0.3 is 4.74 Å². The van der Waals surface area contributed by atoms with Gasteiger partial charge in [-0.05, 0) is 53.3 Å². The highest BCUT2D eigenvalue weighted by Gasteiger charge is 2.07.